The number of amides is 4. The van der Waals surface area contributed by atoms with Crippen molar-refractivity contribution >= 4 is 101 Å². The number of aromatic carboxylic acids is 1. The van der Waals surface area contributed by atoms with Gasteiger partial charge in [-0.05, 0) is 231 Å². The third-order valence-corrected chi connectivity index (χ3v) is 18.6. The van der Waals surface area contributed by atoms with Crippen LogP contribution in [0.1, 0.15) is 125 Å². The Bertz CT molecular complexity index is 4510. The summed E-state index contributed by atoms with van der Waals surface area (Å²) in [4.78, 5) is 84.7. The zero-order valence-corrected chi connectivity index (χ0v) is 59.0. The molecule has 3 fully saturated rings. The molecule has 4 aromatic heterocycles. The lowest BCUT2D eigenvalue weighted by molar-refractivity contribution is -0.111. The summed E-state index contributed by atoms with van der Waals surface area (Å²) in [6.45, 7) is 27.4. The Labute approximate surface area is 594 Å². The Morgan fingerprint density at radius 1 is 0.471 bits per heavy atom. The minimum Gasteiger partial charge on any atom is -0.478 e. The van der Waals surface area contributed by atoms with E-state index < -0.39 is 61.5 Å². The molecular formula is C78H80B3N9O12. The number of benzene rings is 6. The summed E-state index contributed by atoms with van der Waals surface area (Å²) in [7, 11) is -1.56. The number of hydrogen-bond acceptors (Lipinski definition) is 17. The highest BCUT2D eigenvalue weighted by Crippen LogP contribution is 2.40. The lowest BCUT2D eigenvalue weighted by Crippen LogP contribution is -2.41. The Kier molecular flexibility index (Phi) is 22.1. The van der Waals surface area contributed by atoms with Gasteiger partial charge in [-0.1, -0.05) is 85.4 Å². The first-order valence-electron chi connectivity index (χ1n) is 33.0. The number of fused-ring (bicyclic) bond motifs is 1. The number of anilines is 4. The minimum atomic E-state index is -0.935. The number of carboxylic acids is 1. The lowest BCUT2D eigenvalue weighted by atomic mass is 9.78. The normalized spacial score (nSPS) is 16.1. The van der Waals surface area contributed by atoms with Gasteiger partial charge in [-0.3, -0.25) is 19.2 Å². The van der Waals surface area contributed by atoms with Crippen molar-refractivity contribution in [1.82, 2.24) is 24.9 Å². The predicted molar refractivity (Wildman–Crippen MR) is 399 cm³/mol. The second-order valence-corrected chi connectivity index (χ2v) is 27.3. The van der Waals surface area contributed by atoms with Gasteiger partial charge in [0.15, 0.2) is 0 Å². The minimum absolute atomic E-state index is 0.229. The Hall–Kier alpha value is -10.8. The van der Waals surface area contributed by atoms with E-state index in [4.69, 9.17) is 38.8 Å². The van der Waals surface area contributed by atoms with Gasteiger partial charge in [0.25, 0.3) is 17.7 Å². The predicted octanol–water partition coefficient (Wildman–Crippen LogP) is 12.3. The number of pyridine rings is 3. The van der Waals surface area contributed by atoms with Gasteiger partial charge in [-0.15, -0.1) is 0 Å². The van der Waals surface area contributed by atoms with Crippen LogP contribution in [0.15, 0.2) is 232 Å². The number of nitrogens with two attached hydrogens (primary N) is 1. The number of carbonyl (C=O) groups is 5. The van der Waals surface area contributed by atoms with Crippen molar-refractivity contribution in [3.05, 3.63) is 254 Å². The molecule has 7 heterocycles. The largest absolute Gasteiger partial charge is 0.494 e. The van der Waals surface area contributed by atoms with Crippen LogP contribution in [0.5, 0.6) is 0 Å². The molecule has 0 radical (unpaired) electrons. The fraction of sp³-hybridized carbons (Fsp3) is 0.231. The summed E-state index contributed by atoms with van der Waals surface area (Å²) in [5.74, 6) is -1.14. The fourth-order valence-electron chi connectivity index (χ4n) is 10.6. The fourth-order valence-corrected chi connectivity index (χ4v) is 10.6. The molecule has 0 atom stereocenters. The number of nitrogens with one attached hydrogen (secondary N) is 2. The van der Waals surface area contributed by atoms with Gasteiger partial charge >= 0.3 is 27.3 Å². The van der Waals surface area contributed by atoms with E-state index in [0.29, 0.717) is 34.0 Å². The highest BCUT2D eigenvalue weighted by atomic mass is 16.7. The van der Waals surface area contributed by atoms with Gasteiger partial charge in [0.2, 0.25) is 5.91 Å². The maximum absolute atomic E-state index is 13.8. The van der Waals surface area contributed by atoms with E-state index in [-0.39, 0.29) is 34.4 Å². The van der Waals surface area contributed by atoms with Crippen molar-refractivity contribution in [3.63, 3.8) is 0 Å². The standard InChI is InChI=1S/C31H36B2N2O6.C29H21N5O2.C13H17BO4.C5H6N2/c1-28(2)29(3,4)39-32(38-28)23-16-12-21(13-17-23)26(36)35(25-11-9-10-20-34-25)27(37)22-14-18-24(19-15-22)33-40-30(5,6)31(7,8)41-33;1-2-27(35)33-24-7-5-6-21(15-24)25-16-22(14-23-17-30-18-32-28(23)25)19-9-11-20(12-10-19)29(36)34-26-8-3-4-13-31-26;1-12(2)13(3,4)18-14(17-12)10-7-5-9(6-8-10)11(15)16;6-5-3-1-2-4-7-5/h9-20H,1-8H3;2-18H,1H2,(H,33,35)(H,31,34,36);5-8H,1-4H3,(H,15,16);1-4H,(H2,6,7). The average Bonchev–Trinajstić information content (AvgIpc) is 1.45. The molecule has 21 nitrogen and oxygen atoms in total. The molecule has 3 aliphatic rings. The van der Waals surface area contributed by atoms with E-state index >= 15 is 0 Å². The van der Waals surface area contributed by atoms with Crippen molar-refractivity contribution in [2.24, 2.45) is 0 Å². The van der Waals surface area contributed by atoms with Crippen molar-refractivity contribution in [2.75, 3.05) is 21.3 Å². The van der Waals surface area contributed by atoms with Gasteiger partial charge in [0.05, 0.1) is 44.7 Å². The smallest absolute Gasteiger partial charge is 0.478 e. The van der Waals surface area contributed by atoms with Crippen LogP contribution in [0.2, 0.25) is 0 Å². The van der Waals surface area contributed by atoms with Gasteiger partial charge in [0.1, 0.15) is 23.8 Å². The second-order valence-electron chi connectivity index (χ2n) is 27.3. The van der Waals surface area contributed by atoms with E-state index in [9.17, 15) is 24.0 Å². The lowest BCUT2D eigenvalue weighted by Gasteiger charge is -2.32. The zero-order chi connectivity index (χ0) is 73.4. The maximum atomic E-state index is 13.8. The number of carbonyl (C=O) groups excluding carboxylic acids is 4. The molecule has 3 aliphatic heterocycles. The number of rotatable bonds is 13. The van der Waals surface area contributed by atoms with Crippen LogP contribution in [-0.4, -0.2) is 115 Å². The molecule has 3 saturated heterocycles. The van der Waals surface area contributed by atoms with Crippen LogP contribution < -0.4 is 37.7 Å². The molecule has 518 valence electrons. The highest BCUT2D eigenvalue weighted by molar-refractivity contribution is 6.63. The summed E-state index contributed by atoms with van der Waals surface area (Å²) in [5, 5.41) is 15.3. The van der Waals surface area contributed by atoms with Crippen LogP contribution in [0, 0.1) is 0 Å². The summed E-state index contributed by atoms with van der Waals surface area (Å²) in [5.41, 5.74) is 11.6. The monoisotopic (exact) mass is 1370 g/mol. The molecule has 0 saturated carbocycles. The van der Waals surface area contributed by atoms with Crippen molar-refractivity contribution in [2.45, 2.75) is 117 Å². The third-order valence-electron chi connectivity index (χ3n) is 18.6. The molecule has 10 aromatic rings. The maximum Gasteiger partial charge on any atom is 0.494 e. The molecule has 0 spiro atoms. The summed E-state index contributed by atoms with van der Waals surface area (Å²) in [6, 6.07) is 55.3. The summed E-state index contributed by atoms with van der Waals surface area (Å²) in [6.07, 6.45) is 9.36. The van der Waals surface area contributed by atoms with Crippen LogP contribution in [0.25, 0.3) is 33.2 Å². The molecule has 6 aromatic carbocycles. The van der Waals surface area contributed by atoms with Crippen molar-refractivity contribution in [1.29, 1.82) is 0 Å². The number of nitrogen functional groups attached to an aromatic ring is 1. The molecule has 5 N–H and O–H groups in total. The molecule has 0 aliphatic carbocycles. The van der Waals surface area contributed by atoms with Crippen molar-refractivity contribution < 1.29 is 57.0 Å². The molecule has 24 heteroatoms. The van der Waals surface area contributed by atoms with E-state index in [1.165, 1.54) is 12.4 Å². The Morgan fingerprint density at radius 2 is 0.931 bits per heavy atom. The molecule has 13 rings (SSSR count). The topological polar surface area (TPSA) is 279 Å². The van der Waals surface area contributed by atoms with Crippen LogP contribution >= 0.6 is 0 Å². The average molecular weight is 1370 g/mol. The van der Waals surface area contributed by atoms with E-state index in [2.05, 4.69) is 42.1 Å². The van der Waals surface area contributed by atoms with Gasteiger partial charge < -0.3 is 49.4 Å². The van der Waals surface area contributed by atoms with E-state index in [0.717, 1.165) is 54.4 Å². The summed E-state index contributed by atoms with van der Waals surface area (Å²) < 4.78 is 36.3. The van der Waals surface area contributed by atoms with Crippen LogP contribution in [-0.2, 0) is 32.7 Å². The number of imide groups is 1. The van der Waals surface area contributed by atoms with Crippen LogP contribution in [0.3, 0.4) is 0 Å². The molecular weight excluding hydrogens is 1290 g/mol. The Morgan fingerprint density at radius 3 is 1.35 bits per heavy atom. The molecule has 0 bridgehead atoms. The number of hydrogen-bond donors (Lipinski definition) is 4. The third kappa shape index (κ3) is 17.1. The second kappa shape index (κ2) is 30.6. The first-order chi connectivity index (χ1) is 48.3. The van der Waals surface area contributed by atoms with E-state index in [1.54, 1.807) is 146 Å². The first-order valence-corrected chi connectivity index (χ1v) is 33.0. The van der Waals surface area contributed by atoms with Crippen molar-refractivity contribution in [3.8, 4) is 22.3 Å². The molecule has 4 amide bonds. The quantitative estimate of drug-likeness (QED) is 0.0474. The highest BCUT2D eigenvalue weighted by Gasteiger charge is 2.54. The van der Waals surface area contributed by atoms with Gasteiger partial charge in [0, 0.05) is 58.1 Å². The first kappa shape index (κ1) is 73.9. The number of carboxylic acid groups (broad SMARTS) is 1. The SMILES string of the molecule is C=CC(=O)Nc1cccc(-c2cc(-c3ccc(C(=O)Nc4ccccn4)cc3)cc3cncnc23)c1.CC1(C)OB(c2ccc(C(=O)N(C(=O)c3ccc(B4OC(C)(C)C(C)(C)O4)cc3)c3ccccn3)cc2)OC1(C)C.CC1(C)OB(c2ccc(C(=O)O)cc2)OC1(C)C.Nc1ccccn1. The zero-order valence-electron chi connectivity index (χ0n) is 59.0. The van der Waals surface area contributed by atoms with Gasteiger partial charge in [-0.25, -0.2) is 34.6 Å². The number of aromatic nitrogens is 5. The van der Waals surface area contributed by atoms with Crippen LogP contribution in [0.4, 0.5) is 23.1 Å². The Balaban J connectivity index is 0.000000166. The van der Waals surface area contributed by atoms with Gasteiger partial charge in [-0.2, -0.15) is 0 Å². The van der Waals surface area contributed by atoms with E-state index in [1.807, 2.05) is 150 Å². The summed E-state index contributed by atoms with van der Waals surface area (Å²) >= 11 is 0. The number of nitrogens with zero attached hydrogens (tertiary/aromatic N) is 6. The molecule has 102 heavy (non-hydrogen) atoms. The molecule has 0 unspecified atom stereocenters.